The molecule has 0 aliphatic carbocycles. The molecule has 5 aromatic heterocycles. The van der Waals surface area contributed by atoms with Crippen LogP contribution in [-0.4, -0.2) is 24.1 Å². The molecule has 0 fully saturated rings. The number of aromatic nitrogens is 5. The molecule has 0 unspecified atom stereocenters. The zero-order valence-corrected chi connectivity index (χ0v) is 35.1. The summed E-state index contributed by atoms with van der Waals surface area (Å²) in [4.78, 5) is 16.5. The molecule has 5 heterocycles. The maximum absolute atomic E-state index is 7.17. The summed E-state index contributed by atoms with van der Waals surface area (Å²) < 4.78 is 18.0. The Morgan fingerprint density at radius 3 is 1.59 bits per heavy atom. The third kappa shape index (κ3) is 4.88. The van der Waals surface area contributed by atoms with Crippen molar-refractivity contribution in [1.82, 2.24) is 24.1 Å². The summed E-state index contributed by atoms with van der Waals surface area (Å²) in [5, 5.41) is 13.0. The lowest BCUT2D eigenvalue weighted by Crippen LogP contribution is -2.07. The van der Waals surface area contributed by atoms with Crippen LogP contribution in [0.4, 0.5) is 0 Å². The van der Waals surface area contributed by atoms with E-state index in [9.17, 15) is 0 Å². The number of nitrogens with zero attached hydrogens (tertiary/aromatic N) is 5. The first-order valence-electron chi connectivity index (χ1n) is 22.2. The van der Waals surface area contributed by atoms with Gasteiger partial charge in [0.1, 0.15) is 16.7 Å². The van der Waals surface area contributed by atoms with Crippen LogP contribution in [0.3, 0.4) is 0 Å². The Labute approximate surface area is 375 Å². The van der Waals surface area contributed by atoms with Crippen LogP contribution in [0.25, 0.3) is 143 Å². The van der Waals surface area contributed by atoms with Gasteiger partial charge in [0.25, 0.3) is 0 Å². The van der Waals surface area contributed by atoms with Crippen molar-refractivity contribution in [3.8, 4) is 34.4 Å². The van der Waals surface area contributed by atoms with E-state index in [1.165, 1.54) is 21.5 Å². The quantitative estimate of drug-likeness (QED) is 0.176. The Hall–Kier alpha value is -9.07. The minimum absolute atomic E-state index is 0.521. The first kappa shape index (κ1) is 35.4. The highest BCUT2D eigenvalue weighted by molar-refractivity contribution is 6.26. The fourth-order valence-corrected chi connectivity index (χ4v) is 10.7. The third-order valence-corrected chi connectivity index (χ3v) is 13.5. The highest BCUT2D eigenvalue weighted by atomic mass is 16.3. The Kier molecular flexibility index (Phi) is 7.10. The number of rotatable bonds is 4. The Morgan fingerprint density at radius 2 is 0.864 bits per heavy atom. The van der Waals surface area contributed by atoms with E-state index in [1.54, 1.807) is 0 Å². The van der Waals surface area contributed by atoms with Crippen molar-refractivity contribution in [1.29, 1.82) is 0 Å². The van der Waals surface area contributed by atoms with Crippen LogP contribution in [0, 0.1) is 0 Å². The number of hydrogen-bond donors (Lipinski definition) is 0. The predicted molar refractivity (Wildman–Crippen MR) is 269 cm³/mol. The number of fused-ring (bicyclic) bond motifs is 14. The Morgan fingerprint density at radius 1 is 0.333 bits per heavy atom. The lowest BCUT2D eigenvalue weighted by atomic mass is 9.96. The Bertz CT molecular complexity index is 4500. The van der Waals surface area contributed by atoms with Crippen molar-refractivity contribution in [3.05, 3.63) is 200 Å². The van der Waals surface area contributed by atoms with Crippen molar-refractivity contribution < 1.29 is 8.83 Å². The third-order valence-electron chi connectivity index (χ3n) is 13.5. The molecule has 0 aliphatic heterocycles. The van der Waals surface area contributed by atoms with E-state index in [1.807, 2.05) is 30.3 Å². The molecule has 0 saturated carbocycles. The first-order chi connectivity index (χ1) is 32.7. The van der Waals surface area contributed by atoms with Gasteiger partial charge >= 0.3 is 0 Å². The van der Waals surface area contributed by atoms with Crippen molar-refractivity contribution in [2.75, 3.05) is 0 Å². The molecule has 66 heavy (non-hydrogen) atoms. The van der Waals surface area contributed by atoms with Gasteiger partial charge < -0.3 is 13.4 Å². The molecule has 7 heteroatoms. The van der Waals surface area contributed by atoms with Gasteiger partial charge in [-0.25, -0.2) is 4.98 Å². The SMILES string of the molecule is c1ccc2cc3c(cc2c1)c1ccccc1n3-c1c2ccccc2c(-c2nc(-c3ccc4oc5ccccc5c4c3)nc(-n3c4ccccc4c4ccccc43)n2)c2c1oc1ccccc12. The average molecular weight is 844 g/mol. The number of para-hydroxylation sites is 5. The number of furan rings is 2. The number of benzene rings is 10. The van der Waals surface area contributed by atoms with Crippen molar-refractivity contribution in [2.24, 2.45) is 0 Å². The minimum Gasteiger partial charge on any atom is -0.456 e. The highest BCUT2D eigenvalue weighted by Crippen LogP contribution is 2.48. The minimum atomic E-state index is 0.521. The zero-order chi connectivity index (χ0) is 43.0. The topological polar surface area (TPSA) is 74.8 Å². The largest absolute Gasteiger partial charge is 0.456 e. The van der Waals surface area contributed by atoms with E-state index >= 15 is 0 Å². The summed E-state index contributed by atoms with van der Waals surface area (Å²) in [7, 11) is 0. The second-order valence-corrected chi connectivity index (χ2v) is 17.1. The van der Waals surface area contributed by atoms with Gasteiger partial charge in [-0.05, 0) is 76.8 Å². The molecule has 0 saturated heterocycles. The molecular weight excluding hydrogens is 811 g/mol. The van der Waals surface area contributed by atoms with Gasteiger partial charge in [-0.1, -0.05) is 140 Å². The molecule has 0 amide bonds. The van der Waals surface area contributed by atoms with Crippen LogP contribution in [-0.2, 0) is 0 Å². The van der Waals surface area contributed by atoms with Crippen LogP contribution >= 0.6 is 0 Å². The van der Waals surface area contributed by atoms with Crippen molar-refractivity contribution >= 4 is 109 Å². The van der Waals surface area contributed by atoms with Gasteiger partial charge in [-0.3, -0.25) is 4.57 Å². The van der Waals surface area contributed by atoms with Gasteiger partial charge in [-0.2, -0.15) is 9.97 Å². The highest BCUT2D eigenvalue weighted by Gasteiger charge is 2.28. The lowest BCUT2D eigenvalue weighted by molar-refractivity contribution is 0.667. The fourth-order valence-electron chi connectivity index (χ4n) is 10.7. The average Bonchev–Trinajstić information content (AvgIpc) is 4.12. The summed E-state index contributed by atoms with van der Waals surface area (Å²) in [6, 6.07) is 70.2. The van der Waals surface area contributed by atoms with Gasteiger partial charge in [0.05, 0.1) is 27.8 Å². The van der Waals surface area contributed by atoms with E-state index in [-0.39, 0.29) is 0 Å². The molecule has 0 radical (unpaired) electrons. The van der Waals surface area contributed by atoms with Gasteiger partial charge in [0.15, 0.2) is 17.2 Å². The van der Waals surface area contributed by atoms with Crippen LogP contribution < -0.4 is 0 Å². The zero-order valence-electron chi connectivity index (χ0n) is 35.1. The molecule has 10 aromatic carbocycles. The molecular formula is C59H33N5O2. The lowest BCUT2D eigenvalue weighted by Gasteiger charge is -2.17. The first-order valence-corrected chi connectivity index (χ1v) is 22.2. The van der Waals surface area contributed by atoms with Gasteiger partial charge in [-0.15, -0.1) is 0 Å². The smallest absolute Gasteiger partial charge is 0.238 e. The maximum Gasteiger partial charge on any atom is 0.238 e. The van der Waals surface area contributed by atoms with E-state index in [0.29, 0.717) is 17.6 Å². The van der Waals surface area contributed by atoms with Crippen LogP contribution in [0.15, 0.2) is 209 Å². The molecule has 15 aromatic rings. The molecule has 0 atom stereocenters. The van der Waals surface area contributed by atoms with E-state index in [4.69, 9.17) is 23.8 Å². The van der Waals surface area contributed by atoms with Crippen LogP contribution in [0.5, 0.6) is 0 Å². The predicted octanol–water partition coefficient (Wildman–Crippen LogP) is 15.5. The molecule has 0 bridgehead atoms. The van der Waals surface area contributed by atoms with E-state index < -0.39 is 0 Å². The molecule has 306 valence electrons. The van der Waals surface area contributed by atoms with Crippen molar-refractivity contribution in [3.63, 3.8) is 0 Å². The summed E-state index contributed by atoms with van der Waals surface area (Å²) >= 11 is 0. The van der Waals surface area contributed by atoms with E-state index in [2.05, 4.69) is 179 Å². The fraction of sp³-hybridized carbons (Fsp3) is 0. The van der Waals surface area contributed by atoms with E-state index in [0.717, 1.165) is 104 Å². The second-order valence-electron chi connectivity index (χ2n) is 17.1. The molecule has 7 nitrogen and oxygen atoms in total. The number of hydrogen-bond acceptors (Lipinski definition) is 5. The summed E-state index contributed by atoms with van der Waals surface area (Å²) in [6.07, 6.45) is 0. The molecule has 0 aliphatic rings. The molecule has 0 spiro atoms. The standard InChI is InChI=1S/C59H33N5O2/c1-2-16-35-33-49-44(31-34(35)15-1)39-19-7-10-24-46(39)63(49)55-42-22-4-3-21-41(42)54(53-43-23-9-14-28-51(43)66-56(53)55)58-60-57(36-29-30-52-45(32-36)40-20-8-13-27-50(40)65-52)61-59(62-58)64-47-25-11-5-17-37(47)38-18-6-12-26-48(38)64/h1-33H. The van der Waals surface area contributed by atoms with Crippen LogP contribution in [0.2, 0.25) is 0 Å². The Balaban J connectivity index is 1.10. The molecule has 0 N–H and O–H groups in total. The second kappa shape index (κ2) is 13.2. The maximum atomic E-state index is 7.17. The van der Waals surface area contributed by atoms with Gasteiger partial charge in [0, 0.05) is 59.6 Å². The normalized spacial score (nSPS) is 12.2. The molecule has 15 rings (SSSR count). The van der Waals surface area contributed by atoms with Crippen molar-refractivity contribution in [2.45, 2.75) is 0 Å². The summed E-state index contributed by atoms with van der Waals surface area (Å²) in [6.45, 7) is 0. The summed E-state index contributed by atoms with van der Waals surface area (Å²) in [5.74, 6) is 1.61. The monoisotopic (exact) mass is 843 g/mol. The van der Waals surface area contributed by atoms with Gasteiger partial charge in [0.2, 0.25) is 5.95 Å². The summed E-state index contributed by atoms with van der Waals surface area (Å²) in [5.41, 5.74) is 10.1. The van der Waals surface area contributed by atoms with Crippen LogP contribution in [0.1, 0.15) is 0 Å².